The second kappa shape index (κ2) is 5.26. The molecule has 0 bridgehead atoms. The molecule has 0 radical (unpaired) electrons. The van der Waals surface area contributed by atoms with Crippen molar-refractivity contribution in [3.05, 3.63) is 59.7 Å². The summed E-state index contributed by atoms with van der Waals surface area (Å²) in [5.74, 6) is -0.0443. The fourth-order valence-electron chi connectivity index (χ4n) is 3.57. The molecule has 2 heterocycles. The van der Waals surface area contributed by atoms with Crippen LogP contribution in [-0.2, 0) is 0 Å². The number of aryl methyl sites for hydroxylation is 1. The lowest BCUT2D eigenvalue weighted by atomic mass is 9.86. The number of Topliss-reactive ketones (excluding diaryl/α,β-unsaturated/α-hetero) is 1. The first-order valence-electron chi connectivity index (χ1n) is 7.97. The lowest BCUT2D eigenvalue weighted by Crippen LogP contribution is -2.49. The van der Waals surface area contributed by atoms with Crippen molar-refractivity contribution in [3.63, 3.8) is 0 Å². The maximum atomic E-state index is 13.0. The Balaban J connectivity index is 1.91. The van der Waals surface area contributed by atoms with Crippen molar-refractivity contribution in [2.24, 2.45) is 4.99 Å². The van der Waals surface area contributed by atoms with Gasteiger partial charge in [-0.1, -0.05) is 29.8 Å². The largest absolute Gasteiger partial charge is 0.394 e. The summed E-state index contributed by atoms with van der Waals surface area (Å²) in [5, 5.41) is 20.9. The lowest BCUT2D eigenvalue weighted by Gasteiger charge is -2.30. The third-order valence-corrected chi connectivity index (χ3v) is 4.74. The standard InChI is InChI=1S/C19H18N2O3/c1-12-7-8-16-15(9-12)17(23)19(24)10-14(11-22)21(18(19)20-16)13-5-3-2-4-6-13/h2-9,14,22,24H,10-11H2,1H3/t14-,19-/m1/s1. The quantitative estimate of drug-likeness (QED) is 0.889. The monoisotopic (exact) mass is 322 g/mol. The van der Waals surface area contributed by atoms with Crippen LogP contribution in [0.4, 0.5) is 11.4 Å². The van der Waals surface area contributed by atoms with Crippen molar-refractivity contribution in [1.82, 2.24) is 0 Å². The molecule has 0 unspecified atom stereocenters. The maximum Gasteiger partial charge on any atom is 0.204 e. The van der Waals surface area contributed by atoms with E-state index in [1.807, 2.05) is 43.3 Å². The molecule has 1 fully saturated rings. The molecule has 5 nitrogen and oxygen atoms in total. The van der Waals surface area contributed by atoms with Crippen LogP contribution in [0.5, 0.6) is 0 Å². The molecule has 2 atom stereocenters. The number of anilines is 1. The molecule has 122 valence electrons. The van der Waals surface area contributed by atoms with Crippen LogP contribution >= 0.6 is 0 Å². The van der Waals surface area contributed by atoms with Crippen LogP contribution in [0.25, 0.3) is 0 Å². The highest BCUT2D eigenvalue weighted by Crippen LogP contribution is 2.42. The number of benzene rings is 2. The Morgan fingerprint density at radius 1 is 1.25 bits per heavy atom. The summed E-state index contributed by atoms with van der Waals surface area (Å²) >= 11 is 0. The Labute approximate surface area is 139 Å². The van der Waals surface area contributed by atoms with Crippen molar-refractivity contribution in [2.45, 2.75) is 25.0 Å². The molecule has 0 aliphatic carbocycles. The van der Waals surface area contributed by atoms with E-state index in [0.717, 1.165) is 11.3 Å². The third-order valence-electron chi connectivity index (χ3n) is 4.74. The number of aliphatic hydroxyl groups excluding tert-OH is 1. The van der Waals surface area contributed by atoms with Crippen LogP contribution in [-0.4, -0.2) is 40.1 Å². The molecule has 1 saturated heterocycles. The van der Waals surface area contributed by atoms with E-state index in [4.69, 9.17) is 0 Å². The minimum absolute atomic E-state index is 0.128. The Hall–Kier alpha value is -2.50. The number of amidine groups is 1. The van der Waals surface area contributed by atoms with Gasteiger partial charge in [-0.25, -0.2) is 4.99 Å². The van der Waals surface area contributed by atoms with Crippen LogP contribution in [0.15, 0.2) is 53.5 Å². The summed E-state index contributed by atoms with van der Waals surface area (Å²) in [4.78, 5) is 19.3. The van der Waals surface area contributed by atoms with E-state index in [9.17, 15) is 15.0 Å². The van der Waals surface area contributed by atoms with Gasteiger partial charge >= 0.3 is 0 Å². The smallest absolute Gasteiger partial charge is 0.204 e. The van der Waals surface area contributed by atoms with E-state index < -0.39 is 11.6 Å². The molecule has 0 spiro atoms. The Bertz CT molecular complexity index is 847. The Morgan fingerprint density at radius 3 is 2.71 bits per heavy atom. The zero-order chi connectivity index (χ0) is 16.9. The van der Waals surface area contributed by atoms with Crippen molar-refractivity contribution in [3.8, 4) is 0 Å². The van der Waals surface area contributed by atoms with Gasteiger partial charge in [-0.3, -0.25) is 4.79 Å². The first kappa shape index (κ1) is 15.1. The van der Waals surface area contributed by atoms with Gasteiger partial charge in [0, 0.05) is 17.7 Å². The van der Waals surface area contributed by atoms with Gasteiger partial charge < -0.3 is 15.1 Å². The minimum Gasteiger partial charge on any atom is -0.394 e. The zero-order valence-electron chi connectivity index (χ0n) is 13.3. The van der Waals surface area contributed by atoms with Crippen LogP contribution in [0.1, 0.15) is 22.3 Å². The summed E-state index contributed by atoms with van der Waals surface area (Å²) < 4.78 is 0. The molecule has 4 rings (SSSR count). The molecule has 2 aliphatic heterocycles. The average Bonchev–Trinajstić information content (AvgIpc) is 2.90. The zero-order valence-corrected chi connectivity index (χ0v) is 13.3. The van der Waals surface area contributed by atoms with Gasteiger partial charge in [0.25, 0.3) is 0 Å². The molecule has 2 aliphatic rings. The molecule has 0 saturated carbocycles. The highest BCUT2D eigenvalue weighted by Gasteiger charge is 2.56. The number of nitrogens with zero attached hydrogens (tertiary/aromatic N) is 2. The number of ketones is 1. The van der Waals surface area contributed by atoms with Crippen LogP contribution in [0.3, 0.4) is 0 Å². The second-order valence-electron chi connectivity index (χ2n) is 6.39. The van der Waals surface area contributed by atoms with Gasteiger partial charge in [-0.05, 0) is 31.2 Å². The number of rotatable bonds is 2. The number of aliphatic imine (C=N–C) groups is 1. The van der Waals surface area contributed by atoms with Gasteiger partial charge in [0.1, 0.15) is 5.84 Å². The number of para-hydroxylation sites is 1. The van der Waals surface area contributed by atoms with Crippen molar-refractivity contribution >= 4 is 23.0 Å². The SMILES string of the molecule is Cc1ccc2c(c1)C(=O)[C@]1(O)C[C@H](CO)N(c3ccccc3)C1=N2. The molecular formula is C19H18N2O3. The van der Waals surface area contributed by atoms with Gasteiger partial charge in [-0.2, -0.15) is 0 Å². The lowest BCUT2D eigenvalue weighted by molar-refractivity contribution is 0.0571. The predicted octanol–water partition coefficient (Wildman–Crippen LogP) is 2.22. The van der Waals surface area contributed by atoms with Gasteiger partial charge in [0.2, 0.25) is 5.78 Å². The van der Waals surface area contributed by atoms with E-state index >= 15 is 0 Å². The predicted molar refractivity (Wildman–Crippen MR) is 92.0 cm³/mol. The number of aliphatic hydroxyl groups is 2. The molecule has 0 aromatic heterocycles. The van der Waals surface area contributed by atoms with E-state index in [1.54, 1.807) is 17.0 Å². The Morgan fingerprint density at radius 2 is 2.00 bits per heavy atom. The number of hydrogen-bond donors (Lipinski definition) is 2. The van der Waals surface area contributed by atoms with Crippen molar-refractivity contribution in [2.75, 3.05) is 11.5 Å². The molecule has 5 heteroatoms. The minimum atomic E-state index is -1.69. The summed E-state index contributed by atoms with van der Waals surface area (Å²) in [5.41, 5.74) is 1.05. The van der Waals surface area contributed by atoms with Crippen molar-refractivity contribution in [1.29, 1.82) is 0 Å². The molecule has 24 heavy (non-hydrogen) atoms. The van der Waals surface area contributed by atoms with E-state index in [1.165, 1.54) is 0 Å². The van der Waals surface area contributed by atoms with Gasteiger partial charge in [0.05, 0.1) is 18.3 Å². The molecule has 2 aromatic carbocycles. The number of carbonyl (C=O) groups excluding carboxylic acids is 1. The molecule has 2 aromatic rings. The Kier molecular flexibility index (Phi) is 3.30. The highest BCUT2D eigenvalue weighted by molar-refractivity contribution is 6.28. The van der Waals surface area contributed by atoms with E-state index in [2.05, 4.69) is 4.99 Å². The van der Waals surface area contributed by atoms with Crippen LogP contribution < -0.4 is 4.90 Å². The summed E-state index contributed by atoms with van der Waals surface area (Å²) in [6, 6.07) is 14.5. The fourth-order valence-corrected chi connectivity index (χ4v) is 3.57. The highest BCUT2D eigenvalue weighted by atomic mass is 16.3. The summed E-state index contributed by atoms with van der Waals surface area (Å²) in [6.07, 6.45) is 0.128. The number of fused-ring (bicyclic) bond motifs is 2. The normalized spacial score (nSPS) is 25.3. The van der Waals surface area contributed by atoms with Crippen molar-refractivity contribution < 1.29 is 15.0 Å². The van der Waals surface area contributed by atoms with Crippen LogP contribution in [0.2, 0.25) is 0 Å². The van der Waals surface area contributed by atoms with E-state index in [-0.39, 0.29) is 18.8 Å². The van der Waals surface area contributed by atoms with Crippen LogP contribution in [0, 0.1) is 6.92 Å². The van der Waals surface area contributed by atoms with Gasteiger partial charge in [0.15, 0.2) is 5.60 Å². The topological polar surface area (TPSA) is 73.1 Å². The fraction of sp³-hybridized carbons (Fsp3) is 0.263. The average molecular weight is 322 g/mol. The second-order valence-corrected chi connectivity index (χ2v) is 6.39. The van der Waals surface area contributed by atoms with E-state index in [0.29, 0.717) is 17.1 Å². The molecular weight excluding hydrogens is 304 g/mol. The molecule has 2 N–H and O–H groups in total. The number of carbonyl (C=O) groups is 1. The third kappa shape index (κ3) is 2.02. The summed E-state index contributed by atoms with van der Waals surface area (Å²) in [7, 11) is 0. The molecule has 0 amide bonds. The van der Waals surface area contributed by atoms with Gasteiger partial charge in [-0.15, -0.1) is 0 Å². The first-order valence-corrected chi connectivity index (χ1v) is 7.97. The number of hydrogen-bond acceptors (Lipinski definition) is 5. The maximum absolute atomic E-state index is 13.0. The first-order chi connectivity index (χ1) is 11.5. The summed E-state index contributed by atoms with van der Waals surface area (Å²) in [6.45, 7) is 1.73.